The molecule has 0 amide bonds. The van der Waals surface area contributed by atoms with Gasteiger partial charge in [0.05, 0.1) is 6.04 Å². The molecule has 2 saturated heterocycles. The Morgan fingerprint density at radius 1 is 0.703 bits per heavy atom. The van der Waals surface area contributed by atoms with Gasteiger partial charge in [-0.25, -0.2) is 0 Å². The second-order valence-corrected chi connectivity index (χ2v) is 9.98. The van der Waals surface area contributed by atoms with Crippen LogP contribution in [0.3, 0.4) is 0 Å². The Morgan fingerprint density at radius 3 is 1.78 bits per heavy atom. The third kappa shape index (κ3) is 3.77. The third-order valence-corrected chi connectivity index (χ3v) is 7.76. The maximum absolute atomic E-state index is 13.0. The highest BCUT2D eigenvalue weighted by atomic mass is 16.5. The fourth-order valence-corrected chi connectivity index (χ4v) is 5.79. The lowest BCUT2D eigenvalue weighted by atomic mass is 9.89. The van der Waals surface area contributed by atoms with Crippen LogP contribution in [0.2, 0.25) is 0 Å². The summed E-state index contributed by atoms with van der Waals surface area (Å²) in [6.45, 7) is 1.82. The Balaban J connectivity index is 1.22. The molecular formula is C28H24N2O7. The summed E-state index contributed by atoms with van der Waals surface area (Å²) in [6, 6.07) is 8.33. The van der Waals surface area contributed by atoms with Gasteiger partial charge in [0.1, 0.15) is 23.3 Å². The van der Waals surface area contributed by atoms with Crippen LogP contribution >= 0.6 is 0 Å². The second-order valence-electron chi connectivity index (χ2n) is 9.98. The van der Waals surface area contributed by atoms with E-state index in [0.717, 1.165) is 6.42 Å². The van der Waals surface area contributed by atoms with Crippen LogP contribution in [0, 0.1) is 17.8 Å². The number of Topliss-reactive ketones (excluding diaryl/α,β-unsaturated/α-hetero) is 6. The van der Waals surface area contributed by atoms with Crippen LogP contribution in [0.25, 0.3) is 0 Å². The van der Waals surface area contributed by atoms with Gasteiger partial charge in [-0.15, -0.1) is 0 Å². The van der Waals surface area contributed by atoms with Gasteiger partial charge >= 0.3 is 0 Å². The van der Waals surface area contributed by atoms with E-state index in [-0.39, 0.29) is 45.5 Å². The number of ether oxygens (including phenoxy) is 1. The van der Waals surface area contributed by atoms with Crippen molar-refractivity contribution in [3.05, 3.63) is 58.7 Å². The number of fused-ring (bicyclic) bond motifs is 2. The van der Waals surface area contributed by atoms with E-state index in [1.54, 1.807) is 0 Å². The Hall–Kier alpha value is -3.82. The minimum absolute atomic E-state index is 0.127. The van der Waals surface area contributed by atoms with Crippen molar-refractivity contribution in [3.63, 3.8) is 0 Å². The van der Waals surface area contributed by atoms with E-state index < -0.39 is 46.8 Å². The number of nitrogens with one attached hydrogen (secondary N) is 2. The van der Waals surface area contributed by atoms with Crippen LogP contribution in [-0.4, -0.2) is 60.4 Å². The van der Waals surface area contributed by atoms with Crippen molar-refractivity contribution in [2.45, 2.75) is 25.3 Å². The maximum Gasteiger partial charge on any atom is 0.182 e. The Labute approximate surface area is 211 Å². The van der Waals surface area contributed by atoms with Crippen LogP contribution in [-0.2, 0) is 9.59 Å². The van der Waals surface area contributed by atoms with Gasteiger partial charge in [-0.05, 0) is 68.8 Å². The molecular weight excluding hydrogens is 476 g/mol. The van der Waals surface area contributed by atoms with Crippen LogP contribution in [0.15, 0.2) is 36.4 Å². The molecule has 2 N–H and O–H groups in total. The van der Waals surface area contributed by atoms with Crippen molar-refractivity contribution in [1.29, 1.82) is 0 Å². The van der Waals surface area contributed by atoms with E-state index in [1.807, 2.05) is 0 Å². The summed E-state index contributed by atoms with van der Waals surface area (Å²) >= 11 is 0. The van der Waals surface area contributed by atoms with E-state index in [9.17, 15) is 28.8 Å². The van der Waals surface area contributed by atoms with E-state index >= 15 is 0 Å². The monoisotopic (exact) mass is 500 g/mol. The SMILES string of the molecule is O=C1c2ccc(Oc3ccc4c(c3)C(=O)C(C(=O)[C@H]3CCCN3)C4=O)cc2C(=O)C1C(=O)[C@@H]1CCNC1. The molecule has 6 rings (SSSR count). The molecule has 9 nitrogen and oxygen atoms in total. The van der Waals surface area contributed by atoms with Crippen molar-refractivity contribution in [2.24, 2.45) is 17.8 Å². The quantitative estimate of drug-likeness (QED) is 0.571. The number of benzene rings is 2. The second kappa shape index (κ2) is 8.93. The van der Waals surface area contributed by atoms with Gasteiger partial charge < -0.3 is 15.4 Å². The summed E-state index contributed by atoms with van der Waals surface area (Å²) in [7, 11) is 0. The number of ketones is 6. The third-order valence-electron chi connectivity index (χ3n) is 7.76. The highest BCUT2D eigenvalue weighted by Crippen LogP contribution is 2.36. The molecule has 0 radical (unpaired) electrons. The average molecular weight is 501 g/mol. The molecule has 9 heteroatoms. The first-order valence-electron chi connectivity index (χ1n) is 12.5. The number of hydrogen-bond donors (Lipinski definition) is 2. The fourth-order valence-electron chi connectivity index (χ4n) is 5.79. The van der Waals surface area contributed by atoms with E-state index in [4.69, 9.17) is 4.74 Å². The first kappa shape index (κ1) is 23.6. The van der Waals surface area contributed by atoms with Crippen LogP contribution in [0.4, 0.5) is 0 Å². The average Bonchev–Trinajstić information content (AvgIpc) is 3.69. The highest BCUT2D eigenvalue weighted by Gasteiger charge is 2.47. The molecule has 37 heavy (non-hydrogen) atoms. The number of carbonyl (C=O) groups is 6. The van der Waals surface area contributed by atoms with E-state index in [0.29, 0.717) is 32.5 Å². The topological polar surface area (TPSA) is 136 Å². The molecule has 2 aromatic rings. The zero-order valence-corrected chi connectivity index (χ0v) is 19.9. The number of carbonyl (C=O) groups excluding carboxylic acids is 6. The molecule has 188 valence electrons. The normalized spacial score (nSPS) is 26.5. The molecule has 2 unspecified atom stereocenters. The zero-order valence-electron chi connectivity index (χ0n) is 19.9. The molecule has 0 bridgehead atoms. The van der Waals surface area contributed by atoms with Gasteiger partial charge in [0, 0.05) is 34.7 Å². The largest absolute Gasteiger partial charge is 0.457 e. The fraction of sp³-hybridized carbons (Fsp3) is 0.357. The van der Waals surface area contributed by atoms with Crippen molar-refractivity contribution in [2.75, 3.05) is 19.6 Å². The number of hydrogen-bond acceptors (Lipinski definition) is 9. The van der Waals surface area contributed by atoms with Crippen molar-refractivity contribution >= 4 is 34.7 Å². The molecule has 2 aromatic carbocycles. The Bertz CT molecular complexity index is 1290. The molecule has 0 spiro atoms. The van der Waals surface area contributed by atoms with Crippen LogP contribution < -0.4 is 15.4 Å². The van der Waals surface area contributed by atoms with Gasteiger partial charge in [-0.2, -0.15) is 0 Å². The van der Waals surface area contributed by atoms with Crippen molar-refractivity contribution in [3.8, 4) is 11.5 Å². The minimum atomic E-state index is -1.34. The van der Waals surface area contributed by atoms with Crippen LogP contribution in [0.1, 0.15) is 60.7 Å². The first-order chi connectivity index (χ1) is 17.8. The van der Waals surface area contributed by atoms with Gasteiger partial charge in [-0.3, -0.25) is 28.8 Å². The lowest BCUT2D eigenvalue weighted by Crippen LogP contribution is -2.39. The predicted molar refractivity (Wildman–Crippen MR) is 129 cm³/mol. The smallest absolute Gasteiger partial charge is 0.182 e. The van der Waals surface area contributed by atoms with Gasteiger partial charge in [0.2, 0.25) is 0 Å². The minimum Gasteiger partial charge on any atom is -0.457 e. The summed E-state index contributed by atoms with van der Waals surface area (Å²) in [5, 5.41) is 6.12. The molecule has 4 atom stereocenters. The molecule has 0 saturated carbocycles. The summed E-state index contributed by atoms with van der Waals surface area (Å²) in [4.78, 5) is 77.4. The summed E-state index contributed by atoms with van der Waals surface area (Å²) in [5.74, 6) is -5.32. The zero-order chi connectivity index (χ0) is 25.8. The molecule has 2 aliphatic heterocycles. The molecule has 2 fully saturated rings. The standard InChI is InChI=1S/C28H24N2O7/c31-23(13-7-9-29-12-13)21-24(32)16-5-3-14(10-18(16)26(21)34)37-15-4-6-17-19(11-15)27(35)22(25(17)33)28(36)20-2-1-8-30-20/h3-6,10-11,13,20-22,29-30H,1-2,7-9,12H2/t13-,20-,21?,22?/m1/s1. The molecule has 2 heterocycles. The summed E-state index contributed by atoms with van der Waals surface area (Å²) < 4.78 is 5.87. The lowest BCUT2D eigenvalue weighted by molar-refractivity contribution is -0.123. The Morgan fingerprint density at radius 2 is 1.27 bits per heavy atom. The molecule has 2 aliphatic carbocycles. The van der Waals surface area contributed by atoms with E-state index in [2.05, 4.69) is 10.6 Å². The van der Waals surface area contributed by atoms with Gasteiger partial charge in [0.25, 0.3) is 0 Å². The number of rotatable bonds is 6. The summed E-state index contributed by atoms with van der Waals surface area (Å²) in [5.41, 5.74) is 0.639. The molecule has 0 aromatic heterocycles. The molecule has 4 aliphatic rings. The summed E-state index contributed by atoms with van der Waals surface area (Å²) in [6.07, 6.45) is 2.02. The van der Waals surface area contributed by atoms with E-state index in [1.165, 1.54) is 36.4 Å². The Kier molecular flexibility index (Phi) is 5.69. The van der Waals surface area contributed by atoms with Gasteiger partial charge in [0.15, 0.2) is 34.7 Å². The maximum atomic E-state index is 13.0. The van der Waals surface area contributed by atoms with Crippen molar-refractivity contribution in [1.82, 2.24) is 10.6 Å². The first-order valence-corrected chi connectivity index (χ1v) is 12.5. The van der Waals surface area contributed by atoms with Crippen LogP contribution in [0.5, 0.6) is 11.5 Å². The highest BCUT2D eigenvalue weighted by molar-refractivity contribution is 6.37. The van der Waals surface area contributed by atoms with Gasteiger partial charge in [-0.1, -0.05) is 0 Å². The lowest BCUT2D eigenvalue weighted by Gasteiger charge is -2.12. The predicted octanol–water partition coefficient (Wildman–Crippen LogP) is 1.97. The van der Waals surface area contributed by atoms with Crippen molar-refractivity contribution < 1.29 is 33.5 Å².